The highest BCUT2D eigenvalue weighted by Crippen LogP contribution is 2.45. The summed E-state index contributed by atoms with van der Waals surface area (Å²) in [7, 11) is 0. The summed E-state index contributed by atoms with van der Waals surface area (Å²) in [6, 6.07) is 4.38. The monoisotopic (exact) mass is 389 g/mol. The van der Waals surface area contributed by atoms with Crippen molar-refractivity contribution >= 4 is 11.7 Å². The number of nitrogens with zero attached hydrogens (tertiary/aromatic N) is 1. The van der Waals surface area contributed by atoms with Crippen molar-refractivity contribution in [3.63, 3.8) is 0 Å². The molecule has 1 atom stereocenters. The Bertz CT molecular complexity index is 990. The first kappa shape index (κ1) is 18.3. The number of alkyl halides is 3. The summed E-state index contributed by atoms with van der Waals surface area (Å²) in [4.78, 5) is 15.9. The molecule has 2 amide bonds. The number of anilines is 1. The number of urea groups is 1. The lowest BCUT2D eigenvalue weighted by molar-refractivity contribution is -0.178. The number of halogens is 4. The molecule has 4 nitrogen and oxygen atoms in total. The molecule has 0 radical (unpaired) electrons. The molecule has 0 bridgehead atoms. The SMILES string of the molecule is O=C1Nc2cc(Cc3ccncc3)c(F)cc2[C@@](C#CC2CC2)(C(F)(F)F)N1. The molecule has 1 aromatic carbocycles. The lowest BCUT2D eigenvalue weighted by atomic mass is 9.85. The van der Waals surface area contributed by atoms with E-state index in [-0.39, 0.29) is 23.6 Å². The lowest BCUT2D eigenvalue weighted by Crippen LogP contribution is -2.59. The van der Waals surface area contributed by atoms with Gasteiger partial charge in [0.2, 0.25) is 5.54 Å². The zero-order chi connectivity index (χ0) is 19.9. The van der Waals surface area contributed by atoms with E-state index in [4.69, 9.17) is 0 Å². The van der Waals surface area contributed by atoms with Crippen LogP contribution in [0.25, 0.3) is 0 Å². The maximum absolute atomic E-state index is 14.7. The number of nitrogens with one attached hydrogen (secondary N) is 2. The third-order valence-electron chi connectivity index (χ3n) is 4.75. The van der Waals surface area contributed by atoms with Gasteiger partial charge in [0.15, 0.2) is 0 Å². The molecule has 1 aliphatic carbocycles. The van der Waals surface area contributed by atoms with Gasteiger partial charge >= 0.3 is 12.2 Å². The lowest BCUT2D eigenvalue weighted by Gasteiger charge is -2.37. The molecule has 0 saturated heterocycles. The van der Waals surface area contributed by atoms with E-state index in [1.165, 1.54) is 6.07 Å². The van der Waals surface area contributed by atoms with Gasteiger partial charge in [-0.3, -0.25) is 4.98 Å². The molecule has 1 fully saturated rings. The summed E-state index contributed by atoms with van der Waals surface area (Å²) in [5, 5.41) is 4.23. The Hall–Kier alpha value is -3.08. The summed E-state index contributed by atoms with van der Waals surface area (Å²) in [5.74, 6) is 3.85. The summed E-state index contributed by atoms with van der Waals surface area (Å²) in [6.45, 7) is 0. The Morgan fingerprint density at radius 1 is 1.21 bits per heavy atom. The highest BCUT2D eigenvalue weighted by Gasteiger charge is 2.59. The van der Waals surface area contributed by atoms with Gasteiger partial charge in [0.1, 0.15) is 5.82 Å². The number of fused-ring (bicyclic) bond motifs is 1. The average Bonchev–Trinajstić information content (AvgIpc) is 3.45. The van der Waals surface area contributed by atoms with Crippen LogP contribution in [-0.4, -0.2) is 17.2 Å². The summed E-state index contributed by atoms with van der Waals surface area (Å²) < 4.78 is 56.8. The Morgan fingerprint density at radius 3 is 2.57 bits per heavy atom. The Kier molecular flexibility index (Phi) is 4.26. The first-order valence-electron chi connectivity index (χ1n) is 8.69. The van der Waals surface area contributed by atoms with Gasteiger partial charge in [-0.05, 0) is 48.2 Å². The van der Waals surface area contributed by atoms with Gasteiger partial charge in [0.25, 0.3) is 0 Å². The maximum atomic E-state index is 14.7. The molecule has 2 heterocycles. The van der Waals surface area contributed by atoms with Crippen LogP contribution in [0.4, 0.5) is 28.0 Å². The zero-order valence-electron chi connectivity index (χ0n) is 14.5. The molecule has 1 saturated carbocycles. The molecule has 2 aliphatic rings. The number of carbonyl (C=O) groups excluding carboxylic acids is 1. The molecular formula is C20H15F4N3O. The number of hydrogen-bond donors (Lipinski definition) is 2. The van der Waals surface area contributed by atoms with Crippen LogP contribution < -0.4 is 10.6 Å². The number of hydrogen-bond acceptors (Lipinski definition) is 2. The van der Waals surface area contributed by atoms with E-state index in [0.29, 0.717) is 0 Å². The van der Waals surface area contributed by atoms with Gasteiger partial charge in [-0.15, -0.1) is 0 Å². The molecule has 0 spiro atoms. The van der Waals surface area contributed by atoms with E-state index in [1.807, 2.05) is 5.32 Å². The minimum absolute atomic E-state index is 0.100. The van der Waals surface area contributed by atoms with Gasteiger partial charge in [-0.2, -0.15) is 13.2 Å². The Balaban J connectivity index is 1.82. The first-order chi connectivity index (χ1) is 13.3. The molecule has 0 unspecified atom stereocenters. The smallest absolute Gasteiger partial charge is 0.310 e. The summed E-state index contributed by atoms with van der Waals surface area (Å²) >= 11 is 0. The van der Waals surface area contributed by atoms with Crippen LogP contribution >= 0.6 is 0 Å². The van der Waals surface area contributed by atoms with Crippen molar-refractivity contribution in [2.24, 2.45) is 5.92 Å². The Labute approximate surface area is 158 Å². The van der Waals surface area contributed by atoms with Crippen molar-refractivity contribution in [3.05, 3.63) is 59.2 Å². The maximum Gasteiger partial charge on any atom is 0.427 e. The highest BCUT2D eigenvalue weighted by atomic mass is 19.4. The molecule has 2 aromatic rings. The summed E-state index contributed by atoms with van der Waals surface area (Å²) in [5.41, 5.74) is -2.58. The van der Waals surface area contributed by atoms with Crippen LogP contribution in [0, 0.1) is 23.6 Å². The van der Waals surface area contributed by atoms with Gasteiger partial charge in [-0.25, -0.2) is 9.18 Å². The van der Waals surface area contributed by atoms with Crippen molar-refractivity contribution in [1.82, 2.24) is 10.3 Å². The van der Waals surface area contributed by atoms with Crippen LogP contribution in [0.2, 0.25) is 0 Å². The second kappa shape index (κ2) is 6.51. The molecule has 4 rings (SSSR count). The number of rotatable bonds is 2. The summed E-state index contributed by atoms with van der Waals surface area (Å²) in [6.07, 6.45) is -0.240. The van der Waals surface area contributed by atoms with Crippen molar-refractivity contribution in [1.29, 1.82) is 0 Å². The van der Waals surface area contributed by atoms with Crippen molar-refractivity contribution < 1.29 is 22.4 Å². The molecule has 1 aliphatic heterocycles. The highest BCUT2D eigenvalue weighted by molar-refractivity contribution is 5.95. The van der Waals surface area contributed by atoms with Crippen molar-refractivity contribution in [2.75, 3.05) is 5.32 Å². The quantitative estimate of drug-likeness (QED) is 0.600. The van der Waals surface area contributed by atoms with E-state index in [9.17, 15) is 22.4 Å². The zero-order valence-corrected chi connectivity index (χ0v) is 14.5. The third kappa shape index (κ3) is 3.28. The second-order valence-electron chi connectivity index (χ2n) is 6.89. The van der Waals surface area contributed by atoms with Crippen LogP contribution in [0.3, 0.4) is 0 Å². The number of benzene rings is 1. The standard InChI is InChI=1S/C20H15F4N3O/c21-16-11-15-17(10-14(16)9-13-4-7-25-8-5-13)26-18(28)27-19(15,20(22,23)24)6-3-12-1-2-12/h4-5,7-8,10-12H,1-2,9H2,(H2,26,27,28)/t19-/m0/s1. The minimum Gasteiger partial charge on any atom is -0.310 e. The van der Waals surface area contributed by atoms with Gasteiger partial charge in [0.05, 0.1) is 0 Å². The fourth-order valence-corrected chi connectivity index (χ4v) is 3.11. The van der Waals surface area contributed by atoms with E-state index in [0.717, 1.165) is 24.5 Å². The molecule has 2 N–H and O–H groups in total. The molecular weight excluding hydrogens is 374 g/mol. The fourth-order valence-electron chi connectivity index (χ4n) is 3.11. The number of carbonyl (C=O) groups is 1. The largest absolute Gasteiger partial charge is 0.427 e. The van der Waals surface area contributed by atoms with Crippen LogP contribution in [0.5, 0.6) is 0 Å². The number of aromatic nitrogens is 1. The van der Waals surface area contributed by atoms with Crippen LogP contribution in [0.15, 0.2) is 36.7 Å². The van der Waals surface area contributed by atoms with Crippen molar-refractivity contribution in [3.8, 4) is 11.8 Å². The predicted octanol–water partition coefficient (Wildman–Crippen LogP) is 4.12. The minimum atomic E-state index is -4.92. The van der Waals surface area contributed by atoms with E-state index < -0.39 is 29.1 Å². The Morgan fingerprint density at radius 2 is 1.93 bits per heavy atom. The molecule has 1 aromatic heterocycles. The second-order valence-corrected chi connectivity index (χ2v) is 6.89. The van der Waals surface area contributed by atoms with Gasteiger partial charge in [-0.1, -0.05) is 11.8 Å². The molecule has 28 heavy (non-hydrogen) atoms. The van der Waals surface area contributed by atoms with Crippen LogP contribution in [0.1, 0.15) is 29.5 Å². The van der Waals surface area contributed by atoms with E-state index >= 15 is 0 Å². The molecule has 144 valence electrons. The topological polar surface area (TPSA) is 54.0 Å². The first-order valence-corrected chi connectivity index (χ1v) is 8.69. The number of pyridine rings is 1. The predicted molar refractivity (Wildman–Crippen MR) is 93.8 cm³/mol. The van der Waals surface area contributed by atoms with E-state index in [1.54, 1.807) is 24.5 Å². The van der Waals surface area contributed by atoms with Crippen molar-refractivity contribution in [2.45, 2.75) is 31.0 Å². The van der Waals surface area contributed by atoms with E-state index in [2.05, 4.69) is 22.1 Å². The average molecular weight is 389 g/mol. The van der Waals surface area contributed by atoms with Gasteiger partial charge in [0, 0.05) is 36.0 Å². The van der Waals surface area contributed by atoms with Gasteiger partial charge < -0.3 is 10.6 Å². The number of amides is 2. The third-order valence-corrected chi connectivity index (χ3v) is 4.75. The molecule has 8 heteroatoms. The van der Waals surface area contributed by atoms with Crippen LogP contribution in [-0.2, 0) is 12.0 Å². The fraction of sp³-hybridized carbons (Fsp3) is 0.300. The normalized spacial score (nSPS) is 21.1.